The number of hydrogen-bond acceptors (Lipinski definition) is 4. The first-order valence-corrected chi connectivity index (χ1v) is 10.2. The summed E-state index contributed by atoms with van der Waals surface area (Å²) in [6.45, 7) is 2.64. The highest BCUT2D eigenvalue weighted by Gasteiger charge is 2.41. The molecule has 0 aliphatic carbocycles. The Morgan fingerprint density at radius 1 is 1.07 bits per heavy atom. The molecule has 3 aromatic rings. The summed E-state index contributed by atoms with van der Waals surface area (Å²) in [5.41, 5.74) is 4.29. The zero-order valence-corrected chi connectivity index (χ0v) is 16.8. The fourth-order valence-corrected chi connectivity index (χ4v) is 4.16. The maximum atomic E-state index is 6.36. The van der Waals surface area contributed by atoms with Crippen molar-refractivity contribution in [1.82, 2.24) is 5.01 Å². The molecule has 0 saturated heterocycles. The van der Waals surface area contributed by atoms with Crippen LogP contribution < -0.4 is 9.47 Å². The molecule has 29 heavy (non-hydrogen) atoms. The number of fused-ring (bicyclic) bond motifs is 3. The summed E-state index contributed by atoms with van der Waals surface area (Å²) in [5.74, 6) is 1.74. The summed E-state index contributed by atoms with van der Waals surface area (Å²) in [4.78, 5) is 0. The Labute approximate surface area is 175 Å². The minimum Gasteiger partial charge on any atom is -0.494 e. The summed E-state index contributed by atoms with van der Waals surface area (Å²) in [6, 6.07) is 24.3. The molecular formula is C24H21ClN2O2. The number of hydrazone groups is 1. The van der Waals surface area contributed by atoms with Crippen LogP contribution in [0.15, 0.2) is 77.9 Å². The summed E-state index contributed by atoms with van der Waals surface area (Å²) >= 11 is 6.30. The topological polar surface area (TPSA) is 34.1 Å². The Morgan fingerprint density at radius 3 is 2.62 bits per heavy atom. The van der Waals surface area contributed by atoms with Gasteiger partial charge in [-0.25, -0.2) is 5.01 Å². The van der Waals surface area contributed by atoms with Gasteiger partial charge in [0, 0.05) is 22.6 Å². The smallest absolute Gasteiger partial charge is 0.213 e. The molecule has 2 aliphatic heterocycles. The second-order valence-corrected chi connectivity index (χ2v) is 7.60. The normalized spacial score (nSPS) is 19.8. The fraction of sp³-hybridized carbons (Fsp3) is 0.208. The molecule has 0 spiro atoms. The highest BCUT2D eigenvalue weighted by Crippen LogP contribution is 2.48. The zero-order valence-electron chi connectivity index (χ0n) is 16.1. The Balaban J connectivity index is 1.54. The average molecular weight is 405 g/mol. The number of nitrogens with zero attached hydrogens (tertiary/aromatic N) is 2. The standard InChI is InChI=1S/C24H21ClN2O2/c1-2-28-19-11-8-16(9-12-19)21-15-22-20-14-18(25)10-13-23(20)29-24(27(22)26-21)17-6-4-3-5-7-17/h3-14,22,24H,2,15H2,1H3/t22-,24+/m1/s1. The van der Waals surface area contributed by atoms with Gasteiger partial charge in [0.1, 0.15) is 11.5 Å². The summed E-state index contributed by atoms with van der Waals surface area (Å²) in [6.07, 6.45) is 0.531. The van der Waals surface area contributed by atoms with E-state index in [0.29, 0.717) is 11.6 Å². The monoisotopic (exact) mass is 404 g/mol. The van der Waals surface area contributed by atoms with Crippen molar-refractivity contribution >= 4 is 17.3 Å². The van der Waals surface area contributed by atoms with Crippen molar-refractivity contribution in [3.63, 3.8) is 0 Å². The molecule has 0 unspecified atom stereocenters. The molecule has 0 aromatic heterocycles. The Morgan fingerprint density at radius 2 is 1.86 bits per heavy atom. The van der Waals surface area contributed by atoms with E-state index in [1.165, 1.54) is 0 Å². The van der Waals surface area contributed by atoms with Crippen LogP contribution in [0.3, 0.4) is 0 Å². The third-order valence-electron chi connectivity index (χ3n) is 5.34. The maximum absolute atomic E-state index is 6.36. The molecule has 0 radical (unpaired) electrons. The van der Waals surface area contributed by atoms with Crippen LogP contribution in [-0.2, 0) is 0 Å². The number of ether oxygens (including phenoxy) is 2. The highest BCUT2D eigenvalue weighted by molar-refractivity contribution is 6.30. The van der Waals surface area contributed by atoms with Crippen molar-refractivity contribution in [2.24, 2.45) is 5.10 Å². The van der Waals surface area contributed by atoms with Gasteiger partial charge in [-0.15, -0.1) is 0 Å². The summed E-state index contributed by atoms with van der Waals surface area (Å²) < 4.78 is 11.9. The molecule has 146 valence electrons. The van der Waals surface area contributed by atoms with Gasteiger partial charge in [-0.3, -0.25) is 0 Å². The molecular weight excluding hydrogens is 384 g/mol. The lowest BCUT2D eigenvalue weighted by molar-refractivity contribution is -0.0190. The van der Waals surface area contributed by atoms with Gasteiger partial charge in [0.15, 0.2) is 0 Å². The second kappa shape index (κ2) is 7.45. The van der Waals surface area contributed by atoms with Crippen LogP contribution in [0.1, 0.15) is 42.3 Å². The van der Waals surface area contributed by atoms with E-state index < -0.39 is 0 Å². The van der Waals surface area contributed by atoms with Crippen molar-refractivity contribution in [2.45, 2.75) is 25.6 Å². The molecule has 0 fully saturated rings. The van der Waals surface area contributed by atoms with E-state index in [4.69, 9.17) is 26.2 Å². The van der Waals surface area contributed by atoms with Crippen LogP contribution in [-0.4, -0.2) is 17.3 Å². The lowest BCUT2D eigenvalue weighted by atomic mass is 9.96. The van der Waals surface area contributed by atoms with E-state index >= 15 is 0 Å². The van der Waals surface area contributed by atoms with Crippen LogP contribution in [0.5, 0.6) is 11.5 Å². The van der Waals surface area contributed by atoms with Crippen LogP contribution >= 0.6 is 11.6 Å². The van der Waals surface area contributed by atoms with Gasteiger partial charge in [-0.05, 0) is 55.0 Å². The van der Waals surface area contributed by atoms with E-state index in [9.17, 15) is 0 Å². The van der Waals surface area contributed by atoms with Crippen LogP contribution in [0.25, 0.3) is 0 Å². The first kappa shape index (κ1) is 18.1. The Kier molecular flexibility index (Phi) is 4.64. The Bertz CT molecular complexity index is 1050. The quantitative estimate of drug-likeness (QED) is 0.536. The van der Waals surface area contributed by atoms with Crippen LogP contribution in [0.4, 0.5) is 0 Å². The fourth-order valence-electron chi connectivity index (χ4n) is 3.98. The predicted octanol–water partition coefficient (Wildman–Crippen LogP) is 5.98. The first-order valence-electron chi connectivity index (χ1n) is 9.83. The third-order valence-corrected chi connectivity index (χ3v) is 5.57. The van der Waals surface area contributed by atoms with E-state index in [-0.39, 0.29) is 12.3 Å². The minimum atomic E-state index is -0.268. The SMILES string of the molecule is CCOc1ccc(C2=NN3[C@H](C2)c2cc(Cl)ccc2O[C@H]3c2ccccc2)cc1. The summed E-state index contributed by atoms with van der Waals surface area (Å²) in [7, 11) is 0. The van der Waals surface area contributed by atoms with Gasteiger partial charge in [0.25, 0.3) is 0 Å². The molecule has 3 aromatic carbocycles. The first-order chi connectivity index (χ1) is 14.2. The molecule has 5 rings (SSSR count). The maximum Gasteiger partial charge on any atom is 0.213 e. The van der Waals surface area contributed by atoms with Crippen molar-refractivity contribution in [3.8, 4) is 11.5 Å². The van der Waals surface area contributed by atoms with Gasteiger partial charge in [-0.1, -0.05) is 41.9 Å². The van der Waals surface area contributed by atoms with E-state index in [1.54, 1.807) is 0 Å². The molecule has 0 saturated carbocycles. The molecule has 0 amide bonds. The Hall–Kier alpha value is -2.98. The van der Waals surface area contributed by atoms with Gasteiger partial charge in [0.05, 0.1) is 18.4 Å². The largest absolute Gasteiger partial charge is 0.494 e. The molecule has 0 bridgehead atoms. The molecule has 5 heteroatoms. The molecule has 2 aliphatic rings. The highest BCUT2D eigenvalue weighted by atomic mass is 35.5. The molecule has 4 nitrogen and oxygen atoms in total. The molecule has 2 atom stereocenters. The zero-order chi connectivity index (χ0) is 19.8. The van der Waals surface area contributed by atoms with Gasteiger partial charge in [0.2, 0.25) is 6.23 Å². The lowest BCUT2D eigenvalue weighted by Gasteiger charge is -2.38. The molecule has 2 heterocycles. The summed E-state index contributed by atoms with van der Waals surface area (Å²) in [5, 5.41) is 7.76. The van der Waals surface area contributed by atoms with E-state index in [2.05, 4.69) is 29.3 Å². The van der Waals surface area contributed by atoms with Crippen molar-refractivity contribution in [1.29, 1.82) is 0 Å². The van der Waals surface area contributed by atoms with Gasteiger partial charge in [-0.2, -0.15) is 5.10 Å². The van der Waals surface area contributed by atoms with E-state index in [1.807, 2.05) is 55.5 Å². The molecule has 0 N–H and O–H groups in total. The van der Waals surface area contributed by atoms with Crippen LogP contribution in [0, 0.1) is 0 Å². The van der Waals surface area contributed by atoms with Gasteiger partial charge < -0.3 is 9.47 Å². The van der Waals surface area contributed by atoms with Crippen molar-refractivity contribution in [3.05, 3.63) is 94.5 Å². The minimum absolute atomic E-state index is 0.0872. The second-order valence-electron chi connectivity index (χ2n) is 7.17. The van der Waals surface area contributed by atoms with Crippen molar-refractivity contribution in [2.75, 3.05) is 6.61 Å². The number of hydrogen-bond donors (Lipinski definition) is 0. The number of benzene rings is 3. The van der Waals surface area contributed by atoms with E-state index in [0.717, 1.165) is 40.3 Å². The van der Waals surface area contributed by atoms with Crippen LogP contribution in [0.2, 0.25) is 5.02 Å². The van der Waals surface area contributed by atoms with Crippen molar-refractivity contribution < 1.29 is 9.47 Å². The average Bonchev–Trinajstić information content (AvgIpc) is 3.20. The lowest BCUT2D eigenvalue weighted by Crippen LogP contribution is -2.33. The third kappa shape index (κ3) is 3.34. The predicted molar refractivity (Wildman–Crippen MR) is 115 cm³/mol. The van der Waals surface area contributed by atoms with Gasteiger partial charge >= 0.3 is 0 Å². The number of halogens is 1. The number of rotatable bonds is 4.